The van der Waals surface area contributed by atoms with E-state index in [9.17, 15) is 0 Å². The van der Waals surface area contributed by atoms with Gasteiger partial charge in [0.15, 0.2) is 16.6 Å². The molecular formula is C11H16N6OS2. The fraction of sp³-hybridized carbons (Fsp3) is 0.455. The molecule has 2 aromatic heterocycles. The van der Waals surface area contributed by atoms with E-state index in [4.69, 9.17) is 17.0 Å². The molecule has 0 atom stereocenters. The maximum atomic E-state index is 5.11. The SMILES string of the molecule is CNC(=S)Sc1nc(NC)c2c(ncn2CCOC)n1. The molecule has 0 fully saturated rings. The second-order valence-electron chi connectivity index (χ2n) is 3.85. The molecule has 0 aliphatic carbocycles. The molecule has 0 amide bonds. The molecule has 0 saturated carbocycles. The van der Waals surface area contributed by atoms with Gasteiger partial charge in [-0.2, -0.15) is 0 Å². The lowest BCUT2D eigenvalue weighted by Gasteiger charge is -2.08. The molecule has 20 heavy (non-hydrogen) atoms. The smallest absolute Gasteiger partial charge is 0.198 e. The first kappa shape index (κ1) is 14.9. The van der Waals surface area contributed by atoms with Gasteiger partial charge in [-0.3, -0.25) is 0 Å². The Morgan fingerprint density at radius 1 is 1.45 bits per heavy atom. The second-order valence-corrected chi connectivity index (χ2v) is 5.49. The van der Waals surface area contributed by atoms with Crippen LogP contribution < -0.4 is 10.6 Å². The van der Waals surface area contributed by atoms with Crippen molar-refractivity contribution in [3.63, 3.8) is 0 Å². The maximum absolute atomic E-state index is 5.11. The molecule has 2 heterocycles. The van der Waals surface area contributed by atoms with Crippen molar-refractivity contribution in [1.82, 2.24) is 24.8 Å². The number of nitrogens with zero attached hydrogens (tertiary/aromatic N) is 4. The van der Waals surface area contributed by atoms with E-state index in [0.717, 1.165) is 11.3 Å². The quantitative estimate of drug-likeness (QED) is 0.483. The third kappa shape index (κ3) is 3.17. The highest BCUT2D eigenvalue weighted by Gasteiger charge is 2.13. The summed E-state index contributed by atoms with van der Waals surface area (Å²) >= 11 is 6.41. The van der Waals surface area contributed by atoms with Crippen molar-refractivity contribution in [1.29, 1.82) is 0 Å². The lowest BCUT2D eigenvalue weighted by atomic mass is 10.4. The van der Waals surface area contributed by atoms with Crippen LogP contribution in [0, 0.1) is 0 Å². The first-order valence-corrected chi connectivity index (χ1v) is 7.21. The standard InChI is InChI=1S/C11H16N6OS2/c1-12-8-7-9(14-6-17(7)4-5-18-3)16-10(15-8)20-11(19)13-2/h6H,4-5H2,1-3H3,(H,13,19)(H,12,15,16). The van der Waals surface area contributed by atoms with Crippen molar-refractivity contribution in [2.45, 2.75) is 11.7 Å². The molecule has 2 aromatic rings. The van der Waals surface area contributed by atoms with Crippen LogP contribution >= 0.6 is 24.0 Å². The zero-order chi connectivity index (χ0) is 14.5. The predicted molar refractivity (Wildman–Crippen MR) is 84.3 cm³/mol. The molecule has 0 spiro atoms. The topological polar surface area (TPSA) is 76.9 Å². The van der Waals surface area contributed by atoms with Crippen molar-refractivity contribution >= 4 is 45.3 Å². The summed E-state index contributed by atoms with van der Waals surface area (Å²) in [4.78, 5) is 13.2. The normalized spacial score (nSPS) is 10.8. The Morgan fingerprint density at radius 3 is 2.90 bits per heavy atom. The largest absolute Gasteiger partial charge is 0.383 e. The van der Waals surface area contributed by atoms with E-state index < -0.39 is 0 Å². The molecule has 0 aliphatic heterocycles. The number of ether oxygens (including phenoxy) is 1. The van der Waals surface area contributed by atoms with Gasteiger partial charge in [-0.1, -0.05) is 12.2 Å². The summed E-state index contributed by atoms with van der Waals surface area (Å²) in [6.45, 7) is 1.31. The summed E-state index contributed by atoms with van der Waals surface area (Å²) in [6, 6.07) is 0. The number of nitrogens with one attached hydrogen (secondary N) is 2. The summed E-state index contributed by atoms with van der Waals surface area (Å²) in [5.41, 5.74) is 1.51. The highest BCUT2D eigenvalue weighted by molar-refractivity contribution is 8.22. The van der Waals surface area contributed by atoms with Gasteiger partial charge in [-0.25, -0.2) is 15.0 Å². The van der Waals surface area contributed by atoms with Crippen molar-refractivity contribution < 1.29 is 4.74 Å². The predicted octanol–water partition coefficient (Wildman–Crippen LogP) is 1.11. The Morgan fingerprint density at radius 2 is 2.25 bits per heavy atom. The number of thiocarbonyl (C=S) groups is 1. The number of rotatable bonds is 5. The van der Waals surface area contributed by atoms with E-state index >= 15 is 0 Å². The van der Waals surface area contributed by atoms with E-state index in [1.54, 1.807) is 20.5 Å². The zero-order valence-electron chi connectivity index (χ0n) is 11.5. The van der Waals surface area contributed by atoms with Crippen LogP contribution in [0.4, 0.5) is 5.82 Å². The number of hydrogen-bond donors (Lipinski definition) is 2. The molecule has 0 aliphatic rings. The first-order valence-electron chi connectivity index (χ1n) is 5.98. The van der Waals surface area contributed by atoms with Crippen LogP contribution in [0.3, 0.4) is 0 Å². The Labute approximate surface area is 126 Å². The third-order valence-corrected chi connectivity index (χ3v) is 3.82. The highest BCUT2D eigenvalue weighted by atomic mass is 32.2. The monoisotopic (exact) mass is 312 g/mol. The number of aromatic nitrogens is 4. The number of methoxy groups -OCH3 is 1. The van der Waals surface area contributed by atoms with Gasteiger partial charge in [0.2, 0.25) is 0 Å². The van der Waals surface area contributed by atoms with E-state index in [1.807, 2.05) is 11.6 Å². The third-order valence-electron chi connectivity index (χ3n) is 2.61. The van der Waals surface area contributed by atoms with E-state index in [2.05, 4.69) is 25.6 Å². The lowest BCUT2D eigenvalue weighted by Crippen LogP contribution is -2.12. The van der Waals surface area contributed by atoms with Crippen LogP contribution in [0.25, 0.3) is 11.2 Å². The molecule has 2 N–H and O–H groups in total. The van der Waals surface area contributed by atoms with Crippen molar-refractivity contribution in [3.05, 3.63) is 6.33 Å². The van der Waals surface area contributed by atoms with Gasteiger partial charge in [-0.05, 0) is 11.8 Å². The maximum Gasteiger partial charge on any atom is 0.198 e. The van der Waals surface area contributed by atoms with Gasteiger partial charge in [0.05, 0.1) is 12.9 Å². The Hall–Kier alpha value is -1.45. The minimum absolute atomic E-state index is 0.568. The van der Waals surface area contributed by atoms with E-state index in [-0.39, 0.29) is 0 Å². The van der Waals surface area contributed by atoms with E-state index in [1.165, 1.54) is 11.8 Å². The van der Waals surface area contributed by atoms with Crippen molar-refractivity contribution in [2.75, 3.05) is 33.1 Å². The molecule has 9 heteroatoms. The van der Waals surface area contributed by atoms with E-state index in [0.29, 0.717) is 28.3 Å². The Kier molecular flexibility index (Phi) is 5.10. The van der Waals surface area contributed by atoms with Crippen LogP contribution in [0.5, 0.6) is 0 Å². The van der Waals surface area contributed by atoms with Crippen LogP contribution in [0.15, 0.2) is 11.5 Å². The highest BCUT2D eigenvalue weighted by Crippen LogP contribution is 2.24. The number of imidazole rings is 1. The van der Waals surface area contributed by atoms with Crippen LogP contribution in [0.1, 0.15) is 0 Å². The fourth-order valence-corrected chi connectivity index (χ4v) is 2.43. The number of thioether (sulfide) groups is 1. The summed E-state index contributed by atoms with van der Waals surface area (Å²) in [5, 5.41) is 6.53. The molecule has 0 saturated heterocycles. The van der Waals surface area contributed by atoms with Gasteiger partial charge in [0.25, 0.3) is 0 Å². The number of hydrogen-bond acceptors (Lipinski definition) is 7. The van der Waals surface area contributed by atoms with Gasteiger partial charge < -0.3 is 19.9 Å². The molecule has 108 valence electrons. The molecule has 0 aromatic carbocycles. The average molecular weight is 312 g/mol. The minimum Gasteiger partial charge on any atom is -0.383 e. The molecule has 0 radical (unpaired) electrons. The molecule has 0 bridgehead atoms. The average Bonchev–Trinajstić information content (AvgIpc) is 2.87. The summed E-state index contributed by atoms with van der Waals surface area (Å²) in [6.07, 6.45) is 1.74. The molecular weight excluding hydrogens is 296 g/mol. The van der Waals surface area contributed by atoms with Crippen molar-refractivity contribution in [2.24, 2.45) is 0 Å². The molecule has 7 nitrogen and oxygen atoms in total. The fourth-order valence-electron chi connectivity index (χ4n) is 1.67. The Bertz CT molecular complexity index is 614. The van der Waals surface area contributed by atoms with Gasteiger partial charge in [0, 0.05) is 27.7 Å². The zero-order valence-corrected chi connectivity index (χ0v) is 13.1. The second kappa shape index (κ2) is 6.82. The van der Waals surface area contributed by atoms with Crippen molar-refractivity contribution in [3.8, 4) is 0 Å². The summed E-state index contributed by atoms with van der Waals surface area (Å²) in [7, 11) is 5.26. The van der Waals surface area contributed by atoms with Crippen LogP contribution in [-0.4, -0.2) is 51.7 Å². The van der Waals surface area contributed by atoms with Gasteiger partial charge in [0.1, 0.15) is 9.84 Å². The summed E-state index contributed by atoms with van der Waals surface area (Å²) in [5.74, 6) is 0.727. The molecule has 2 rings (SSSR count). The van der Waals surface area contributed by atoms with Gasteiger partial charge >= 0.3 is 0 Å². The minimum atomic E-state index is 0.568. The lowest BCUT2D eigenvalue weighted by molar-refractivity contribution is 0.188. The summed E-state index contributed by atoms with van der Waals surface area (Å²) < 4.78 is 7.67. The molecule has 0 unspecified atom stereocenters. The van der Waals surface area contributed by atoms with Gasteiger partial charge in [-0.15, -0.1) is 0 Å². The number of fused-ring (bicyclic) bond motifs is 1. The first-order chi connectivity index (χ1) is 9.69. The van der Waals surface area contributed by atoms with Crippen LogP contribution in [-0.2, 0) is 11.3 Å². The number of anilines is 1. The Balaban J connectivity index is 2.40. The van der Waals surface area contributed by atoms with Crippen LogP contribution in [0.2, 0.25) is 0 Å².